The summed E-state index contributed by atoms with van der Waals surface area (Å²) in [7, 11) is 0. The molecule has 0 aliphatic heterocycles. The minimum Gasteiger partial charge on any atom is -0.477 e. The molecule has 0 saturated carbocycles. The van der Waals surface area contributed by atoms with Crippen molar-refractivity contribution in [1.29, 1.82) is 0 Å². The molecule has 6 heteroatoms. The standard InChI is InChI=1S/C13H12N2O4/c16-13(17)12-2-1-8-14(12)9-7-10-3-5-11(6-4-10)15(18)19/h1-6,8H,7,9H2,(H,16,17). The molecule has 1 aromatic carbocycles. The Labute approximate surface area is 109 Å². The lowest BCUT2D eigenvalue weighted by molar-refractivity contribution is -0.384. The fourth-order valence-corrected chi connectivity index (χ4v) is 1.84. The van der Waals surface area contributed by atoms with Gasteiger partial charge in [-0.05, 0) is 24.1 Å². The fourth-order valence-electron chi connectivity index (χ4n) is 1.84. The van der Waals surface area contributed by atoms with E-state index in [9.17, 15) is 14.9 Å². The second-order valence-electron chi connectivity index (χ2n) is 4.07. The Balaban J connectivity index is 2.04. The maximum absolute atomic E-state index is 10.9. The molecule has 19 heavy (non-hydrogen) atoms. The smallest absolute Gasteiger partial charge is 0.352 e. The zero-order chi connectivity index (χ0) is 13.8. The summed E-state index contributed by atoms with van der Waals surface area (Å²) in [6.45, 7) is 0.520. The highest BCUT2D eigenvalue weighted by atomic mass is 16.6. The van der Waals surface area contributed by atoms with Crippen LogP contribution < -0.4 is 0 Å². The maximum Gasteiger partial charge on any atom is 0.352 e. The minimum absolute atomic E-state index is 0.0518. The molecule has 0 spiro atoms. The first-order chi connectivity index (χ1) is 9.08. The van der Waals surface area contributed by atoms with Gasteiger partial charge in [0.1, 0.15) is 5.69 Å². The molecule has 6 nitrogen and oxygen atoms in total. The van der Waals surface area contributed by atoms with Crippen molar-refractivity contribution in [3.63, 3.8) is 0 Å². The highest BCUT2D eigenvalue weighted by molar-refractivity contribution is 5.85. The molecule has 2 aromatic rings. The van der Waals surface area contributed by atoms with E-state index in [-0.39, 0.29) is 11.4 Å². The Bertz CT molecular complexity index is 601. The van der Waals surface area contributed by atoms with Crippen LogP contribution in [0.3, 0.4) is 0 Å². The van der Waals surface area contributed by atoms with Crippen LogP contribution in [-0.2, 0) is 13.0 Å². The number of aromatic nitrogens is 1. The lowest BCUT2D eigenvalue weighted by atomic mass is 10.1. The molecule has 0 amide bonds. The summed E-state index contributed by atoms with van der Waals surface area (Å²) in [5.41, 5.74) is 1.22. The topological polar surface area (TPSA) is 85.4 Å². The number of nitrogens with zero attached hydrogens (tertiary/aromatic N) is 2. The largest absolute Gasteiger partial charge is 0.477 e. The van der Waals surface area contributed by atoms with Crippen molar-refractivity contribution in [3.8, 4) is 0 Å². The highest BCUT2D eigenvalue weighted by Crippen LogP contribution is 2.13. The third-order valence-electron chi connectivity index (χ3n) is 2.84. The van der Waals surface area contributed by atoms with E-state index in [4.69, 9.17) is 5.11 Å². The SMILES string of the molecule is O=C(O)c1cccn1CCc1ccc([N+](=O)[O-])cc1. The Morgan fingerprint density at radius 2 is 1.95 bits per heavy atom. The van der Waals surface area contributed by atoms with E-state index in [2.05, 4.69) is 0 Å². The fraction of sp³-hybridized carbons (Fsp3) is 0.154. The number of carboxylic acid groups (broad SMARTS) is 1. The van der Waals surface area contributed by atoms with Gasteiger partial charge in [-0.1, -0.05) is 12.1 Å². The van der Waals surface area contributed by atoms with Crippen LogP contribution in [0.25, 0.3) is 0 Å². The third kappa shape index (κ3) is 2.98. The van der Waals surface area contributed by atoms with Gasteiger partial charge in [-0.3, -0.25) is 10.1 Å². The van der Waals surface area contributed by atoms with Gasteiger partial charge >= 0.3 is 5.97 Å². The second-order valence-corrected chi connectivity index (χ2v) is 4.07. The monoisotopic (exact) mass is 260 g/mol. The van der Waals surface area contributed by atoms with Crippen molar-refractivity contribution in [1.82, 2.24) is 4.57 Å². The van der Waals surface area contributed by atoms with Crippen LogP contribution >= 0.6 is 0 Å². The van der Waals surface area contributed by atoms with Gasteiger partial charge in [-0.15, -0.1) is 0 Å². The summed E-state index contributed by atoms with van der Waals surface area (Å²) in [5.74, 6) is -0.964. The molecule has 0 aliphatic carbocycles. The van der Waals surface area contributed by atoms with Gasteiger partial charge in [0, 0.05) is 24.9 Å². The molecule has 0 fully saturated rings. The minimum atomic E-state index is -0.964. The van der Waals surface area contributed by atoms with Gasteiger partial charge in [-0.25, -0.2) is 4.79 Å². The normalized spacial score (nSPS) is 10.3. The van der Waals surface area contributed by atoms with E-state index in [1.165, 1.54) is 18.2 Å². The molecule has 0 radical (unpaired) electrons. The number of carbonyl (C=O) groups is 1. The Morgan fingerprint density at radius 3 is 2.53 bits per heavy atom. The van der Waals surface area contributed by atoms with Crippen molar-refractivity contribution >= 4 is 11.7 Å². The van der Waals surface area contributed by atoms with Gasteiger partial charge in [-0.2, -0.15) is 0 Å². The lowest BCUT2D eigenvalue weighted by Gasteiger charge is -2.06. The second kappa shape index (κ2) is 5.34. The van der Waals surface area contributed by atoms with Crippen LogP contribution in [0.5, 0.6) is 0 Å². The molecule has 2 rings (SSSR count). The van der Waals surface area contributed by atoms with Crippen molar-refractivity contribution in [2.75, 3.05) is 0 Å². The summed E-state index contributed by atoms with van der Waals surface area (Å²) < 4.78 is 1.64. The Hall–Kier alpha value is -2.63. The number of carboxylic acids is 1. The highest BCUT2D eigenvalue weighted by Gasteiger charge is 2.09. The summed E-state index contributed by atoms with van der Waals surface area (Å²) in [6.07, 6.45) is 2.32. The van der Waals surface area contributed by atoms with Crippen molar-refractivity contribution < 1.29 is 14.8 Å². The number of nitro groups is 1. The van der Waals surface area contributed by atoms with E-state index in [1.807, 2.05) is 0 Å². The number of hydrogen-bond donors (Lipinski definition) is 1. The summed E-state index contributed by atoms with van der Waals surface area (Å²) in [4.78, 5) is 21.0. The number of hydrogen-bond acceptors (Lipinski definition) is 3. The number of nitro benzene ring substituents is 1. The molecule has 0 saturated heterocycles. The zero-order valence-corrected chi connectivity index (χ0v) is 10.0. The summed E-state index contributed by atoms with van der Waals surface area (Å²) in [5, 5.41) is 19.5. The Morgan fingerprint density at radius 1 is 1.26 bits per heavy atom. The van der Waals surface area contributed by atoms with E-state index >= 15 is 0 Å². The van der Waals surface area contributed by atoms with Gasteiger partial charge in [0.15, 0.2) is 0 Å². The molecule has 98 valence electrons. The molecular formula is C13H12N2O4. The first kappa shape index (κ1) is 12.8. The predicted octanol–water partition coefficient (Wildman–Crippen LogP) is 2.34. The van der Waals surface area contributed by atoms with Crippen molar-refractivity contribution in [2.24, 2.45) is 0 Å². The van der Waals surface area contributed by atoms with Gasteiger partial charge < -0.3 is 9.67 Å². The van der Waals surface area contributed by atoms with E-state index in [0.29, 0.717) is 13.0 Å². The third-order valence-corrected chi connectivity index (χ3v) is 2.84. The average molecular weight is 260 g/mol. The molecule has 0 unspecified atom stereocenters. The van der Waals surface area contributed by atoms with Crippen LogP contribution in [-0.4, -0.2) is 20.6 Å². The zero-order valence-electron chi connectivity index (χ0n) is 10.0. The molecule has 0 aliphatic rings. The first-order valence-electron chi connectivity index (χ1n) is 5.69. The van der Waals surface area contributed by atoms with Crippen LogP contribution in [0.2, 0.25) is 0 Å². The lowest BCUT2D eigenvalue weighted by Crippen LogP contribution is -2.09. The van der Waals surface area contributed by atoms with E-state index in [0.717, 1.165) is 5.56 Å². The molecule has 1 aromatic heterocycles. The molecule has 0 bridgehead atoms. The first-order valence-corrected chi connectivity index (χ1v) is 5.69. The molecule has 1 N–H and O–H groups in total. The number of aryl methyl sites for hydroxylation is 2. The van der Waals surface area contributed by atoms with Crippen LogP contribution in [0.1, 0.15) is 16.1 Å². The number of non-ortho nitro benzene ring substituents is 1. The number of benzene rings is 1. The van der Waals surface area contributed by atoms with Crippen molar-refractivity contribution in [3.05, 3.63) is 64.0 Å². The van der Waals surface area contributed by atoms with E-state index < -0.39 is 10.9 Å². The maximum atomic E-state index is 10.9. The van der Waals surface area contributed by atoms with Gasteiger partial charge in [0.2, 0.25) is 0 Å². The quantitative estimate of drug-likeness (QED) is 0.660. The van der Waals surface area contributed by atoms with Gasteiger partial charge in [0.05, 0.1) is 4.92 Å². The van der Waals surface area contributed by atoms with Crippen molar-refractivity contribution in [2.45, 2.75) is 13.0 Å². The predicted molar refractivity (Wildman–Crippen MR) is 68.2 cm³/mol. The van der Waals surface area contributed by atoms with E-state index in [1.54, 1.807) is 29.0 Å². The van der Waals surface area contributed by atoms with Crippen LogP contribution in [0.15, 0.2) is 42.6 Å². The number of rotatable bonds is 5. The molecular weight excluding hydrogens is 248 g/mol. The molecule has 0 atom stereocenters. The van der Waals surface area contributed by atoms with Crippen LogP contribution in [0.4, 0.5) is 5.69 Å². The molecule has 1 heterocycles. The number of aromatic carboxylic acids is 1. The Kier molecular flexibility index (Phi) is 3.61. The summed E-state index contributed by atoms with van der Waals surface area (Å²) >= 11 is 0. The van der Waals surface area contributed by atoms with Crippen LogP contribution in [0, 0.1) is 10.1 Å². The summed E-state index contributed by atoms with van der Waals surface area (Å²) in [6, 6.07) is 9.48. The van der Waals surface area contributed by atoms with Gasteiger partial charge in [0.25, 0.3) is 5.69 Å². The average Bonchev–Trinajstić information content (AvgIpc) is 2.85.